The fourth-order valence-corrected chi connectivity index (χ4v) is 1.81. The first-order chi connectivity index (χ1) is 6.52. The Morgan fingerprint density at radius 1 is 1.50 bits per heavy atom. The van der Waals surface area contributed by atoms with Gasteiger partial charge in [0.15, 0.2) is 6.10 Å². The van der Waals surface area contributed by atoms with Crippen molar-refractivity contribution in [3.8, 4) is 0 Å². The molecule has 4 nitrogen and oxygen atoms in total. The summed E-state index contributed by atoms with van der Waals surface area (Å²) in [4.78, 5) is 10.6. The Bertz CT molecular complexity index is 202. The van der Waals surface area contributed by atoms with Crippen LogP contribution in [0.25, 0.3) is 0 Å². The van der Waals surface area contributed by atoms with Gasteiger partial charge in [-0.1, -0.05) is 13.8 Å². The minimum Gasteiger partial charge on any atom is -0.479 e. The second-order valence-electron chi connectivity index (χ2n) is 4.22. The van der Waals surface area contributed by atoms with Gasteiger partial charge in [0.2, 0.25) is 0 Å². The Morgan fingerprint density at radius 3 is 2.64 bits per heavy atom. The first-order valence-corrected chi connectivity index (χ1v) is 5.05. The van der Waals surface area contributed by atoms with Crippen LogP contribution in [0.1, 0.15) is 26.7 Å². The van der Waals surface area contributed by atoms with E-state index in [-0.39, 0.29) is 12.0 Å². The highest BCUT2D eigenvalue weighted by molar-refractivity contribution is 5.72. The standard InChI is InChI=1S/C10H18O4/c1-6(2)8-5-7(3-4-14-8)9(11)10(12)13/h6-9,11H,3-5H2,1-2H3,(H,12,13). The van der Waals surface area contributed by atoms with Crippen molar-refractivity contribution < 1.29 is 19.7 Å². The van der Waals surface area contributed by atoms with Gasteiger partial charge in [0.1, 0.15) is 0 Å². The summed E-state index contributed by atoms with van der Waals surface area (Å²) in [7, 11) is 0. The molecule has 0 amide bonds. The van der Waals surface area contributed by atoms with Gasteiger partial charge in [-0.15, -0.1) is 0 Å². The van der Waals surface area contributed by atoms with Gasteiger partial charge in [-0.3, -0.25) is 0 Å². The molecule has 82 valence electrons. The van der Waals surface area contributed by atoms with E-state index in [1.165, 1.54) is 0 Å². The van der Waals surface area contributed by atoms with Crippen molar-refractivity contribution in [3.63, 3.8) is 0 Å². The highest BCUT2D eigenvalue weighted by atomic mass is 16.5. The SMILES string of the molecule is CC(C)C1CC(C(O)C(=O)O)CCO1. The molecule has 0 aliphatic carbocycles. The Kier molecular flexibility index (Phi) is 3.89. The van der Waals surface area contributed by atoms with Crippen molar-refractivity contribution in [2.75, 3.05) is 6.61 Å². The molecule has 14 heavy (non-hydrogen) atoms. The molecule has 0 aromatic rings. The van der Waals surface area contributed by atoms with Crippen molar-refractivity contribution in [1.29, 1.82) is 0 Å². The first-order valence-electron chi connectivity index (χ1n) is 5.05. The van der Waals surface area contributed by atoms with Crippen LogP contribution in [0.5, 0.6) is 0 Å². The zero-order valence-electron chi connectivity index (χ0n) is 8.64. The fraction of sp³-hybridized carbons (Fsp3) is 0.900. The topological polar surface area (TPSA) is 66.8 Å². The van der Waals surface area contributed by atoms with E-state index in [1.54, 1.807) is 0 Å². The molecule has 3 atom stereocenters. The highest BCUT2D eigenvalue weighted by Crippen LogP contribution is 2.27. The number of aliphatic carboxylic acids is 1. The van der Waals surface area contributed by atoms with Crippen LogP contribution < -0.4 is 0 Å². The van der Waals surface area contributed by atoms with Crippen LogP contribution >= 0.6 is 0 Å². The zero-order chi connectivity index (χ0) is 10.7. The summed E-state index contributed by atoms with van der Waals surface area (Å²) in [5.74, 6) is -0.910. The van der Waals surface area contributed by atoms with E-state index >= 15 is 0 Å². The molecule has 4 heteroatoms. The maximum atomic E-state index is 10.6. The predicted octanol–water partition coefficient (Wildman–Crippen LogP) is 0.883. The Morgan fingerprint density at radius 2 is 2.14 bits per heavy atom. The molecule has 1 saturated heterocycles. The number of carboxylic acid groups (broad SMARTS) is 1. The zero-order valence-corrected chi connectivity index (χ0v) is 8.64. The quantitative estimate of drug-likeness (QED) is 0.713. The van der Waals surface area contributed by atoms with Crippen LogP contribution in [0.15, 0.2) is 0 Å². The third kappa shape index (κ3) is 2.69. The smallest absolute Gasteiger partial charge is 0.332 e. The summed E-state index contributed by atoms with van der Waals surface area (Å²) in [5, 5.41) is 18.1. The number of hydrogen-bond acceptors (Lipinski definition) is 3. The maximum absolute atomic E-state index is 10.6. The molecule has 2 N–H and O–H groups in total. The van der Waals surface area contributed by atoms with Gasteiger partial charge in [0.25, 0.3) is 0 Å². The molecule has 1 aliphatic heterocycles. The van der Waals surface area contributed by atoms with Gasteiger partial charge in [0.05, 0.1) is 6.10 Å². The van der Waals surface area contributed by atoms with Gasteiger partial charge in [0, 0.05) is 12.5 Å². The summed E-state index contributed by atoms with van der Waals surface area (Å²) in [6, 6.07) is 0. The number of aliphatic hydroxyl groups is 1. The summed E-state index contributed by atoms with van der Waals surface area (Å²) in [6.45, 7) is 4.64. The van der Waals surface area contributed by atoms with Gasteiger partial charge in [-0.2, -0.15) is 0 Å². The fourth-order valence-electron chi connectivity index (χ4n) is 1.81. The lowest BCUT2D eigenvalue weighted by atomic mass is 9.86. The Labute approximate surface area is 83.9 Å². The molecular formula is C10H18O4. The highest BCUT2D eigenvalue weighted by Gasteiger charge is 2.32. The molecule has 1 heterocycles. The van der Waals surface area contributed by atoms with Crippen molar-refractivity contribution in [3.05, 3.63) is 0 Å². The van der Waals surface area contributed by atoms with Crippen LogP contribution in [-0.4, -0.2) is 35.0 Å². The maximum Gasteiger partial charge on any atom is 0.332 e. The van der Waals surface area contributed by atoms with E-state index in [0.29, 0.717) is 25.4 Å². The molecule has 0 radical (unpaired) electrons. The van der Waals surface area contributed by atoms with Crippen molar-refractivity contribution in [2.24, 2.45) is 11.8 Å². The number of rotatable bonds is 3. The van der Waals surface area contributed by atoms with E-state index in [4.69, 9.17) is 9.84 Å². The number of carbonyl (C=O) groups is 1. The molecule has 1 fully saturated rings. The minimum absolute atomic E-state index is 0.0859. The van der Waals surface area contributed by atoms with E-state index in [2.05, 4.69) is 0 Å². The van der Waals surface area contributed by atoms with Crippen LogP contribution in [0.2, 0.25) is 0 Å². The lowest BCUT2D eigenvalue weighted by Gasteiger charge is -2.33. The molecule has 0 aromatic carbocycles. The molecule has 0 aromatic heterocycles. The summed E-state index contributed by atoms with van der Waals surface area (Å²) in [5.41, 5.74) is 0. The van der Waals surface area contributed by atoms with Crippen LogP contribution in [0.3, 0.4) is 0 Å². The molecular weight excluding hydrogens is 184 g/mol. The summed E-state index contributed by atoms with van der Waals surface area (Å²) < 4.78 is 5.50. The lowest BCUT2D eigenvalue weighted by molar-refractivity contribution is -0.153. The number of carboxylic acids is 1. The molecule has 1 aliphatic rings. The van der Waals surface area contributed by atoms with Crippen LogP contribution in [0, 0.1) is 11.8 Å². The van der Waals surface area contributed by atoms with Gasteiger partial charge < -0.3 is 14.9 Å². The monoisotopic (exact) mass is 202 g/mol. The van der Waals surface area contributed by atoms with Crippen molar-refractivity contribution in [1.82, 2.24) is 0 Å². The second-order valence-corrected chi connectivity index (χ2v) is 4.22. The van der Waals surface area contributed by atoms with Gasteiger partial charge in [-0.25, -0.2) is 4.79 Å². The predicted molar refractivity (Wildman–Crippen MR) is 50.9 cm³/mol. The van der Waals surface area contributed by atoms with Gasteiger partial charge in [-0.05, 0) is 18.8 Å². The third-order valence-electron chi connectivity index (χ3n) is 2.80. The van der Waals surface area contributed by atoms with Crippen LogP contribution in [-0.2, 0) is 9.53 Å². The molecule has 3 unspecified atom stereocenters. The van der Waals surface area contributed by atoms with Crippen molar-refractivity contribution >= 4 is 5.97 Å². The number of hydrogen-bond donors (Lipinski definition) is 2. The normalized spacial score (nSPS) is 30.3. The molecule has 0 bridgehead atoms. The molecule has 0 spiro atoms. The lowest BCUT2D eigenvalue weighted by Crippen LogP contribution is -2.38. The number of ether oxygens (including phenoxy) is 1. The van der Waals surface area contributed by atoms with Crippen LogP contribution in [0.4, 0.5) is 0 Å². The van der Waals surface area contributed by atoms with E-state index in [0.717, 1.165) is 0 Å². The van der Waals surface area contributed by atoms with Crippen molar-refractivity contribution in [2.45, 2.75) is 38.9 Å². The van der Waals surface area contributed by atoms with E-state index in [9.17, 15) is 9.90 Å². The number of aliphatic hydroxyl groups excluding tert-OH is 1. The summed E-state index contributed by atoms with van der Waals surface area (Å²) >= 11 is 0. The first kappa shape index (κ1) is 11.5. The second kappa shape index (κ2) is 4.75. The molecule has 0 saturated carbocycles. The average Bonchev–Trinajstić information content (AvgIpc) is 2.16. The van der Waals surface area contributed by atoms with E-state index < -0.39 is 12.1 Å². The molecule has 1 rings (SSSR count). The summed E-state index contributed by atoms with van der Waals surface area (Å²) in [6.07, 6.45) is 0.129. The van der Waals surface area contributed by atoms with E-state index in [1.807, 2.05) is 13.8 Å². The van der Waals surface area contributed by atoms with Gasteiger partial charge >= 0.3 is 5.97 Å². The Hall–Kier alpha value is -0.610. The third-order valence-corrected chi connectivity index (χ3v) is 2.80. The Balaban J connectivity index is 2.51. The minimum atomic E-state index is -1.24. The largest absolute Gasteiger partial charge is 0.479 e. The average molecular weight is 202 g/mol.